The van der Waals surface area contributed by atoms with E-state index in [0.29, 0.717) is 0 Å². The summed E-state index contributed by atoms with van der Waals surface area (Å²) in [7, 11) is 0. The first-order valence-corrected chi connectivity index (χ1v) is 25.5. The quantitative estimate of drug-likeness (QED) is 0.154. The van der Waals surface area contributed by atoms with Gasteiger partial charge in [-0.25, -0.2) is 0 Å². The lowest BCUT2D eigenvalue weighted by Crippen LogP contribution is -2.29. The summed E-state index contributed by atoms with van der Waals surface area (Å²) in [5.41, 5.74) is 24.0. The van der Waals surface area contributed by atoms with Crippen molar-refractivity contribution in [1.82, 2.24) is 0 Å². The molecule has 2 aliphatic carbocycles. The molecule has 9 aromatic rings. The zero-order valence-electron chi connectivity index (χ0n) is 40.1. The van der Waals surface area contributed by atoms with Gasteiger partial charge in [-0.05, 0) is 185 Å². The van der Waals surface area contributed by atoms with E-state index in [2.05, 4.69) is 207 Å². The highest BCUT2D eigenvalue weighted by Gasteiger charge is 2.36. The van der Waals surface area contributed by atoms with Gasteiger partial charge >= 0.3 is 0 Å². The first kappa shape index (κ1) is 41.3. The summed E-state index contributed by atoms with van der Waals surface area (Å²) in [4.78, 5) is 5.25. The Bertz CT molecular complexity index is 3220. The summed E-state index contributed by atoms with van der Waals surface area (Å²) in [6.07, 6.45) is 7.64. The summed E-state index contributed by atoms with van der Waals surface area (Å²) < 4.78 is 0. The van der Waals surface area contributed by atoms with Crippen molar-refractivity contribution in [3.63, 3.8) is 0 Å². The lowest BCUT2D eigenvalue weighted by molar-refractivity contribution is 0.578. The van der Waals surface area contributed by atoms with E-state index in [1.165, 1.54) is 160 Å². The van der Waals surface area contributed by atoms with Crippen molar-refractivity contribution < 1.29 is 0 Å². The van der Waals surface area contributed by atoms with Crippen LogP contribution < -0.4 is 9.80 Å². The van der Waals surface area contributed by atoms with Gasteiger partial charge < -0.3 is 9.80 Å². The Morgan fingerprint density at radius 3 is 1.06 bits per heavy atom. The van der Waals surface area contributed by atoms with E-state index in [4.69, 9.17) is 0 Å². The van der Waals surface area contributed by atoms with Crippen LogP contribution in [0.3, 0.4) is 0 Å². The molecule has 0 radical (unpaired) electrons. The molecule has 0 aromatic heterocycles. The van der Waals surface area contributed by atoms with Gasteiger partial charge in [-0.3, -0.25) is 0 Å². The third-order valence-corrected chi connectivity index (χ3v) is 16.7. The number of benzene rings is 9. The average Bonchev–Trinajstić information content (AvgIpc) is 3.77. The Labute approximate surface area is 402 Å². The van der Waals surface area contributed by atoms with Gasteiger partial charge in [0.25, 0.3) is 0 Å². The van der Waals surface area contributed by atoms with Crippen molar-refractivity contribution in [2.45, 2.75) is 77.0 Å². The molecule has 4 aliphatic rings. The van der Waals surface area contributed by atoms with Crippen molar-refractivity contribution in [2.24, 2.45) is 0 Å². The van der Waals surface area contributed by atoms with Gasteiger partial charge in [-0.15, -0.1) is 0 Å². The number of hydrogen-bond acceptors (Lipinski definition) is 2. The Kier molecular flexibility index (Phi) is 9.62. The summed E-state index contributed by atoms with van der Waals surface area (Å²) in [6.45, 7) is 14.0. The van der Waals surface area contributed by atoms with Crippen molar-refractivity contribution >= 4 is 32.9 Å². The lowest BCUT2D eigenvalue weighted by Gasteiger charge is -2.30. The second-order valence-corrected chi connectivity index (χ2v) is 21.3. The molecule has 2 aliphatic heterocycles. The zero-order valence-corrected chi connectivity index (χ0v) is 40.1. The fourth-order valence-corrected chi connectivity index (χ4v) is 13.0. The highest BCUT2D eigenvalue weighted by atomic mass is 15.1. The normalized spacial score (nSPS) is 16.7. The van der Waals surface area contributed by atoms with E-state index >= 15 is 0 Å². The SMILES string of the molecule is CC1(C)c2ccccc2-c2ccc(-c3ccc(-c4c5ccc(N6CCCCC6)cc5c(-c5ccc(-c6ccc7c(c6)C(C)(C)c6ccccc6-7)cc5)c5ccc(N6CCCCC6)cc45)cc3)cc21. The molecular formula is C66H60N2. The molecule has 13 rings (SSSR count). The van der Waals surface area contributed by atoms with Crippen LogP contribution in [-0.4, -0.2) is 26.2 Å². The molecule has 2 fully saturated rings. The number of nitrogens with zero attached hydrogens (tertiary/aromatic N) is 2. The lowest BCUT2D eigenvalue weighted by atomic mass is 9.81. The minimum Gasteiger partial charge on any atom is -0.372 e. The van der Waals surface area contributed by atoms with Crippen LogP contribution >= 0.6 is 0 Å². The number of rotatable bonds is 6. The van der Waals surface area contributed by atoms with E-state index in [0.717, 1.165) is 26.2 Å². The molecule has 9 aromatic carbocycles. The molecule has 0 unspecified atom stereocenters. The summed E-state index contributed by atoms with van der Waals surface area (Å²) in [6, 6.07) is 66.0. The van der Waals surface area contributed by atoms with Crippen LogP contribution in [0.5, 0.6) is 0 Å². The summed E-state index contributed by atoms with van der Waals surface area (Å²) in [5.74, 6) is 0. The molecule has 0 amide bonds. The number of hydrogen-bond donors (Lipinski definition) is 0. The fourth-order valence-electron chi connectivity index (χ4n) is 13.0. The van der Waals surface area contributed by atoms with Crippen LogP contribution in [0.25, 0.3) is 88.3 Å². The van der Waals surface area contributed by atoms with Crippen LogP contribution in [0.1, 0.15) is 88.5 Å². The number of piperidine rings is 2. The van der Waals surface area contributed by atoms with E-state index < -0.39 is 0 Å². The first-order chi connectivity index (χ1) is 33.2. The Morgan fingerprint density at radius 1 is 0.294 bits per heavy atom. The van der Waals surface area contributed by atoms with Gasteiger partial charge in [0.2, 0.25) is 0 Å². The van der Waals surface area contributed by atoms with E-state index in [1.54, 1.807) is 0 Å². The second-order valence-electron chi connectivity index (χ2n) is 21.3. The van der Waals surface area contributed by atoms with Crippen molar-refractivity contribution in [3.8, 4) is 66.8 Å². The molecule has 0 saturated carbocycles. The largest absolute Gasteiger partial charge is 0.372 e. The predicted molar refractivity (Wildman–Crippen MR) is 290 cm³/mol. The third kappa shape index (κ3) is 6.51. The topological polar surface area (TPSA) is 6.48 Å². The molecule has 2 nitrogen and oxygen atoms in total. The molecule has 0 N–H and O–H groups in total. The smallest absolute Gasteiger partial charge is 0.0372 e. The first-order valence-electron chi connectivity index (χ1n) is 25.5. The molecule has 334 valence electrons. The highest BCUT2D eigenvalue weighted by Crippen LogP contribution is 2.52. The Balaban J connectivity index is 0.962. The van der Waals surface area contributed by atoms with Gasteiger partial charge in [0.1, 0.15) is 0 Å². The minimum absolute atomic E-state index is 0.0348. The molecule has 2 heteroatoms. The summed E-state index contributed by atoms with van der Waals surface area (Å²) >= 11 is 0. The van der Waals surface area contributed by atoms with E-state index in [1.807, 2.05) is 0 Å². The van der Waals surface area contributed by atoms with Crippen molar-refractivity contribution in [3.05, 3.63) is 192 Å². The number of anilines is 2. The Hall–Kier alpha value is -6.90. The van der Waals surface area contributed by atoms with Gasteiger partial charge in [0.15, 0.2) is 0 Å². The molecule has 0 atom stereocenters. The Morgan fingerprint density at radius 2 is 0.647 bits per heavy atom. The van der Waals surface area contributed by atoms with Crippen LogP contribution in [0.4, 0.5) is 11.4 Å². The molecule has 0 spiro atoms. The zero-order chi connectivity index (χ0) is 45.7. The monoisotopic (exact) mass is 880 g/mol. The van der Waals surface area contributed by atoms with E-state index in [9.17, 15) is 0 Å². The third-order valence-electron chi connectivity index (χ3n) is 16.7. The van der Waals surface area contributed by atoms with Gasteiger partial charge in [-0.2, -0.15) is 0 Å². The van der Waals surface area contributed by atoms with Gasteiger partial charge in [0.05, 0.1) is 0 Å². The fraction of sp³-hybridized carbons (Fsp3) is 0.242. The van der Waals surface area contributed by atoms with Crippen LogP contribution in [0.2, 0.25) is 0 Å². The second kappa shape index (κ2) is 15.8. The van der Waals surface area contributed by atoms with Crippen molar-refractivity contribution in [1.29, 1.82) is 0 Å². The minimum atomic E-state index is -0.0348. The predicted octanol–water partition coefficient (Wildman–Crippen LogP) is 17.3. The maximum absolute atomic E-state index is 2.62. The maximum Gasteiger partial charge on any atom is 0.0372 e. The molecule has 0 bridgehead atoms. The van der Waals surface area contributed by atoms with Gasteiger partial charge in [0, 0.05) is 48.4 Å². The molecule has 2 heterocycles. The number of fused-ring (bicyclic) bond motifs is 8. The summed E-state index contributed by atoms with van der Waals surface area (Å²) in [5, 5.41) is 5.29. The highest BCUT2D eigenvalue weighted by molar-refractivity contribution is 6.22. The van der Waals surface area contributed by atoms with Crippen molar-refractivity contribution in [2.75, 3.05) is 36.0 Å². The standard InChI is InChI=1S/C66H60N2/c1-65(2)59-17-9-7-15-51(59)53-31-27-47(39-61(53)65)43-19-23-45(24-20-43)63-55-33-29-50(68-37-13-6-14-38-68)42-58(55)64(56-34-30-49(41-57(56)63)67-35-11-5-12-36-67)46-25-21-44(22-26-46)48-28-32-54-52-16-8-10-18-60(52)66(3,4)62(54)40-48/h7-10,15-34,39-42H,5-6,11-14,35-38H2,1-4H3. The maximum atomic E-state index is 2.62. The van der Waals surface area contributed by atoms with Crippen LogP contribution in [-0.2, 0) is 10.8 Å². The molecule has 68 heavy (non-hydrogen) atoms. The molecule has 2 saturated heterocycles. The average molecular weight is 881 g/mol. The van der Waals surface area contributed by atoms with E-state index in [-0.39, 0.29) is 10.8 Å². The van der Waals surface area contributed by atoms with Crippen LogP contribution in [0.15, 0.2) is 170 Å². The molecular weight excluding hydrogens is 821 g/mol. The van der Waals surface area contributed by atoms with Gasteiger partial charge in [-0.1, -0.05) is 161 Å². The van der Waals surface area contributed by atoms with Crippen LogP contribution in [0, 0.1) is 0 Å².